The second-order valence-corrected chi connectivity index (χ2v) is 4.06. The van der Waals surface area contributed by atoms with Crippen LogP contribution in [0.5, 0.6) is 5.75 Å². The second-order valence-electron chi connectivity index (χ2n) is 4.06. The van der Waals surface area contributed by atoms with Crippen molar-refractivity contribution in [2.45, 2.75) is 26.2 Å². The number of carbonyl (C=O) groups excluding carboxylic acids is 2. The van der Waals surface area contributed by atoms with Gasteiger partial charge in [-0.25, -0.2) is 4.79 Å². The normalized spacial score (nSPS) is 11.2. The highest BCUT2D eigenvalue weighted by Gasteiger charge is 2.27. The van der Waals surface area contributed by atoms with Crippen LogP contribution in [0.15, 0.2) is 24.3 Å². The number of Topliss-reactive ketones (excluding diaryl/α,β-unsaturated/α-hetero) is 1. The Morgan fingerprint density at radius 3 is 2.40 bits per heavy atom. The quantitative estimate of drug-likeness (QED) is 0.563. The van der Waals surface area contributed by atoms with Crippen molar-refractivity contribution in [3.8, 4) is 11.8 Å². The van der Waals surface area contributed by atoms with Crippen LogP contribution in [0.3, 0.4) is 0 Å². The molecule has 0 radical (unpaired) electrons. The van der Waals surface area contributed by atoms with Gasteiger partial charge in [-0.2, -0.15) is 5.26 Å². The van der Waals surface area contributed by atoms with Gasteiger partial charge in [0.05, 0.1) is 19.3 Å². The molecule has 0 N–H and O–H groups in total. The molecule has 20 heavy (non-hydrogen) atoms. The highest BCUT2D eigenvalue weighted by atomic mass is 16.5. The first-order valence-electron chi connectivity index (χ1n) is 6.47. The van der Waals surface area contributed by atoms with Crippen molar-refractivity contribution in [2.75, 3.05) is 13.2 Å². The van der Waals surface area contributed by atoms with Gasteiger partial charge >= 0.3 is 5.97 Å². The number of hydrogen-bond donors (Lipinski definition) is 0. The van der Waals surface area contributed by atoms with Gasteiger partial charge < -0.3 is 9.47 Å². The molecular weight excluding hydrogens is 258 g/mol. The summed E-state index contributed by atoms with van der Waals surface area (Å²) in [6, 6.07) is 8.39. The summed E-state index contributed by atoms with van der Waals surface area (Å²) in [7, 11) is 0. The number of esters is 1. The lowest BCUT2D eigenvalue weighted by Gasteiger charge is -2.09. The van der Waals surface area contributed by atoms with E-state index in [1.54, 1.807) is 31.2 Å². The lowest BCUT2D eigenvalue weighted by Crippen LogP contribution is -2.23. The SMILES string of the molecule is CCCOc1ccc([C@@H](C#N)C(=O)C(=O)OCC)cc1. The molecule has 0 bridgehead atoms. The minimum atomic E-state index is -1.14. The van der Waals surface area contributed by atoms with Gasteiger partial charge in [0.1, 0.15) is 11.7 Å². The summed E-state index contributed by atoms with van der Waals surface area (Å²) >= 11 is 0. The van der Waals surface area contributed by atoms with Crippen molar-refractivity contribution < 1.29 is 19.1 Å². The van der Waals surface area contributed by atoms with Gasteiger partial charge in [0, 0.05) is 0 Å². The van der Waals surface area contributed by atoms with E-state index in [9.17, 15) is 9.59 Å². The predicted molar refractivity (Wildman–Crippen MR) is 72.2 cm³/mol. The Balaban J connectivity index is 2.83. The molecule has 1 atom stereocenters. The number of nitrogens with zero attached hydrogens (tertiary/aromatic N) is 1. The molecule has 0 spiro atoms. The fourth-order valence-electron chi connectivity index (χ4n) is 1.58. The third-order valence-electron chi connectivity index (χ3n) is 2.55. The summed E-state index contributed by atoms with van der Waals surface area (Å²) in [5.74, 6) is -2.31. The van der Waals surface area contributed by atoms with E-state index in [0.29, 0.717) is 17.9 Å². The third kappa shape index (κ3) is 4.09. The van der Waals surface area contributed by atoms with Crippen molar-refractivity contribution in [1.29, 1.82) is 5.26 Å². The number of ether oxygens (including phenoxy) is 2. The Hall–Kier alpha value is -2.35. The minimum absolute atomic E-state index is 0.104. The fraction of sp³-hybridized carbons (Fsp3) is 0.400. The molecule has 1 aromatic carbocycles. The predicted octanol–water partition coefficient (Wildman–Crippen LogP) is 2.21. The van der Waals surface area contributed by atoms with E-state index >= 15 is 0 Å². The molecule has 0 saturated carbocycles. The van der Waals surface area contributed by atoms with Crippen molar-refractivity contribution in [1.82, 2.24) is 0 Å². The first-order valence-corrected chi connectivity index (χ1v) is 6.47. The largest absolute Gasteiger partial charge is 0.494 e. The molecule has 0 heterocycles. The summed E-state index contributed by atoms with van der Waals surface area (Å²) in [6.45, 7) is 4.31. The van der Waals surface area contributed by atoms with Crippen LogP contribution < -0.4 is 4.74 Å². The molecule has 0 aliphatic rings. The van der Waals surface area contributed by atoms with Crippen LogP contribution in [-0.4, -0.2) is 25.0 Å². The second kappa shape index (κ2) is 7.95. The van der Waals surface area contributed by atoms with Gasteiger partial charge in [-0.3, -0.25) is 4.79 Å². The molecule has 0 unspecified atom stereocenters. The van der Waals surface area contributed by atoms with Gasteiger partial charge in [0.25, 0.3) is 5.78 Å². The number of hydrogen-bond acceptors (Lipinski definition) is 5. The molecule has 106 valence electrons. The van der Waals surface area contributed by atoms with Crippen molar-refractivity contribution in [2.24, 2.45) is 0 Å². The molecule has 0 aromatic heterocycles. The highest BCUT2D eigenvalue weighted by Crippen LogP contribution is 2.20. The van der Waals surface area contributed by atoms with Crippen LogP contribution in [0.4, 0.5) is 0 Å². The van der Waals surface area contributed by atoms with Crippen LogP contribution >= 0.6 is 0 Å². The molecule has 5 nitrogen and oxygen atoms in total. The van der Waals surface area contributed by atoms with E-state index in [2.05, 4.69) is 4.74 Å². The van der Waals surface area contributed by atoms with Crippen molar-refractivity contribution >= 4 is 11.8 Å². The Morgan fingerprint density at radius 1 is 1.25 bits per heavy atom. The maximum Gasteiger partial charge on any atom is 0.376 e. The molecule has 5 heteroatoms. The lowest BCUT2D eigenvalue weighted by molar-refractivity contribution is -0.153. The van der Waals surface area contributed by atoms with E-state index in [0.717, 1.165) is 6.42 Å². The Labute approximate surface area is 118 Å². The zero-order chi connectivity index (χ0) is 15.0. The summed E-state index contributed by atoms with van der Waals surface area (Å²) < 4.78 is 10.0. The van der Waals surface area contributed by atoms with Crippen molar-refractivity contribution in [3.05, 3.63) is 29.8 Å². The maximum absolute atomic E-state index is 11.8. The van der Waals surface area contributed by atoms with Crippen molar-refractivity contribution in [3.63, 3.8) is 0 Å². The van der Waals surface area contributed by atoms with Gasteiger partial charge in [-0.15, -0.1) is 0 Å². The standard InChI is InChI=1S/C15H17NO4/c1-3-9-20-12-7-5-11(6-8-12)13(10-16)14(17)15(18)19-4-2/h5-8,13H,3-4,9H2,1-2H3/t13-/m1/s1. The van der Waals surface area contributed by atoms with E-state index in [1.165, 1.54) is 0 Å². The molecule has 1 rings (SSSR count). The summed E-state index contributed by atoms with van der Waals surface area (Å²) in [5.41, 5.74) is 0.453. The molecule has 0 aliphatic carbocycles. The molecule has 0 amide bonds. The molecule has 1 aromatic rings. The summed E-state index contributed by atoms with van der Waals surface area (Å²) in [4.78, 5) is 23.2. The molecular formula is C15H17NO4. The lowest BCUT2D eigenvalue weighted by atomic mass is 9.96. The summed E-state index contributed by atoms with van der Waals surface area (Å²) in [6.07, 6.45) is 0.893. The first-order chi connectivity index (χ1) is 9.63. The van der Waals surface area contributed by atoms with E-state index in [-0.39, 0.29) is 6.61 Å². The Bertz CT molecular complexity index is 502. The van der Waals surface area contributed by atoms with Gasteiger partial charge in [0.2, 0.25) is 0 Å². The van der Waals surface area contributed by atoms with Crippen LogP contribution in [0.2, 0.25) is 0 Å². The van der Waals surface area contributed by atoms with Gasteiger partial charge in [0.15, 0.2) is 0 Å². The van der Waals surface area contributed by atoms with Gasteiger partial charge in [-0.1, -0.05) is 19.1 Å². The average molecular weight is 275 g/mol. The van der Waals surface area contributed by atoms with Crippen LogP contribution in [0, 0.1) is 11.3 Å². The zero-order valence-corrected chi connectivity index (χ0v) is 11.6. The molecule has 0 aliphatic heterocycles. The van der Waals surface area contributed by atoms with E-state index in [4.69, 9.17) is 10.00 Å². The van der Waals surface area contributed by atoms with E-state index in [1.807, 2.05) is 13.0 Å². The van der Waals surface area contributed by atoms with Crippen LogP contribution in [-0.2, 0) is 14.3 Å². The fourth-order valence-corrected chi connectivity index (χ4v) is 1.58. The zero-order valence-electron chi connectivity index (χ0n) is 11.6. The topological polar surface area (TPSA) is 76.4 Å². The molecule has 0 fully saturated rings. The third-order valence-corrected chi connectivity index (χ3v) is 2.55. The minimum Gasteiger partial charge on any atom is -0.494 e. The first kappa shape index (κ1) is 15.7. The smallest absolute Gasteiger partial charge is 0.376 e. The molecule has 0 saturated heterocycles. The Morgan fingerprint density at radius 2 is 1.90 bits per heavy atom. The maximum atomic E-state index is 11.8. The highest BCUT2D eigenvalue weighted by molar-refractivity contribution is 6.36. The number of carbonyl (C=O) groups is 2. The van der Waals surface area contributed by atoms with Gasteiger partial charge in [-0.05, 0) is 31.0 Å². The van der Waals surface area contributed by atoms with Crippen LogP contribution in [0.25, 0.3) is 0 Å². The number of rotatable bonds is 7. The Kier molecular flexibility index (Phi) is 6.24. The number of ketones is 1. The summed E-state index contributed by atoms with van der Waals surface area (Å²) in [5, 5.41) is 9.07. The monoisotopic (exact) mass is 275 g/mol. The number of nitriles is 1. The number of benzene rings is 1. The average Bonchev–Trinajstić information content (AvgIpc) is 2.47. The van der Waals surface area contributed by atoms with Crippen LogP contribution in [0.1, 0.15) is 31.7 Å². The van der Waals surface area contributed by atoms with E-state index < -0.39 is 17.7 Å².